The van der Waals surface area contributed by atoms with E-state index in [9.17, 15) is 4.39 Å². The molecule has 0 N–H and O–H groups in total. The van der Waals surface area contributed by atoms with Crippen molar-refractivity contribution in [2.75, 3.05) is 0 Å². The van der Waals surface area contributed by atoms with E-state index in [1.54, 1.807) is 29.8 Å². The molecule has 0 bridgehead atoms. The van der Waals surface area contributed by atoms with Gasteiger partial charge in [0.1, 0.15) is 12.1 Å². The minimum absolute atomic E-state index is 0.0759. The van der Waals surface area contributed by atoms with Crippen LogP contribution in [-0.4, -0.2) is 9.97 Å². The topological polar surface area (TPSA) is 25.8 Å². The zero-order valence-corrected chi connectivity index (χ0v) is 20.8. The van der Waals surface area contributed by atoms with E-state index in [0.717, 1.165) is 38.2 Å². The third-order valence-electron chi connectivity index (χ3n) is 7.31. The first-order valence-corrected chi connectivity index (χ1v) is 13.1. The minimum atomic E-state index is -0.214. The summed E-state index contributed by atoms with van der Waals surface area (Å²) in [5.41, 5.74) is 5.51. The number of rotatable bonds is 3. The van der Waals surface area contributed by atoms with E-state index in [-0.39, 0.29) is 11.2 Å². The van der Waals surface area contributed by atoms with Crippen LogP contribution in [0.4, 0.5) is 4.39 Å². The Balaban J connectivity index is 1.53. The summed E-state index contributed by atoms with van der Waals surface area (Å²) in [5, 5.41) is 3.20. The van der Waals surface area contributed by atoms with E-state index in [0.29, 0.717) is 0 Å². The molecule has 0 radical (unpaired) electrons. The molecule has 34 heavy (non-hydrogen) atoms. The fraction of sp³-hybridized carbons (Fsp3) is 0.333. The molecular formula is C30H29FN2S. The van der Waals surface area contributed by atoms with Gasteiger partial charge in [0.25, 0.3) is 0 Å². The second kappa shape index (κ2) is 8.13. The van der Waals surface area contributed by atoms with Crippen LogP contribution in [0.5, 0.6) is 0 Å². The molecule has 1 fully saturated rings. The van der Waals surface area contributed by atoms with Crippen LogP contribution in [0, 0.1) is 11.7 Å². The second-order valence-electron chi connectivity index (χ2n) is 10.8. The zero-order chi connectivity index (χ0) is 23.4. The average Bonchev–Trinajstić information content (AvgIpc) is 3.44. The van der Waals surface area contributed by atoms with Crippen molar-refractivity contribution in [3.63, 3.8) is 0 Å². The van der Waals surface area contributed by atoms with Crippen molar-refractivity contribution in [3.05, 3.63) is 71.8 Å². The molecule has 2 aromatic heterocycles. The summed E-state index contributed by atoms with van der Waals surface area (Å²) in [6, 6.07) is 16.3. The van der Waals surface area contributed by atoms with Gasteiger partial charge >= 0.3 is 0 Å². The molecule has 0 spiro atoms. The molecule has 0 amide bonds. The highest BCUT2D eigenvalue weighted by Crippen LogP contribution is 2.41. The van der Waals surface area contributed by atoms with Gasteiger partial charge in [-0.05, 0) is 70.0 Å². The number of nitrogens with zero attached hydrogens (tertiary/aromatic N) is 2. The smallest absolute Gasteiger partial charge is 0.123 e. The molecule has 2 nitrogen and oxygen atoms in total. The Morgan fingerprint density at radius 2 is 1.74 bits per heavy atom. The first-order valence-electron chi connectivity index (χ1n) is 12.3. The fourth-order valence-corrected chi connectivity index (χ4v) is 6.83. The summed E-state index contributed by atoms with van der Waals surface area (Å²) in [6.07, 6.45) is 8.32. The lowest BCUT2D eigenvalue weighted by molar-refractivity contribution is 0.547. The highest BCUT2D eigenvalue weighted by Gasteiger charge is 2.21. The monoisotopic (exact) mass is 468 g/mol. The molecule has 0 atom stereocenters. The molecular weight excluding hydrogens is 439 g/mol. The lowest BCUT2D eigenvalue weighted by atomic mass is 9.82. The molecule has 5 aromatic rings. The number of fused-ring (bicyclic) bond motifs is 4. The molecule has 4 heteroatoms. The summed E-state index contributed by atoms with van der Waals surface area (Å²) < 4.78 is 16.5. The number of aromatic nitrogens is 2. The van der Waals surface area contributed by atoms with Gasteiger partial charge in [0.05, 0.1) is 15.9 Å². The van der Waals surface area contributed by atoms with Gasteiger partial charge in [0, 0.05) is 15.6 Å². The molecule has 2 heterocycles. The van der Waals surface area contributed by atoms with Gasteiger partial charge in [0.15, 0.2) is 0 Å². The van der Waals surface area contributed by atoms with Crippen molar-refractivity contribution in [3.8, 4) is 11.3 Å². The lowest BCUT2D eigenvalue weighted by Crippen LogP contribution is -2.12. The molecule has 1 saturated carbocycles. The highest BCUT2D eigenvalue weighted by atomic mass is 32.1. The van der Waals surface area contributed by atoms with Gasteiger partial charge in [-0.1, -0.05) is 64.7 Å². The quantitative estimate of drug-likeness (QED) is 0.264. The number of hydrogen-bond donors (Lipinski definition) is 0. The Morgan fingerprint density at radius 3 is 2.53 bits per heavy atom. The van der Waals surface area contributed by atoms with E-state index in [2.05, 4.69) is 56.1 Å². The van der Waals surface area contributed by atoms with Crippen molar-refractivity contribution in [2.45, 2.75) is 58.3 Å². The highest BCUT2D eigenvalue weighted by molar-refractivity contribution is 7.26. The standard InChI is InChI=1S/C30H29FN2S/c1-30(2,3)25-16-21(14-20-15-22(31)9-11-23(20)25)27-29-28(33-17-32-27)24-10-8-19(13-26(24)34-29)12-18-6-4-5-7-18/h8-11,13-18H,4-7,12H2,1-3H3. The summed E-state index contributed by atoms with van der Waals surface area (Å²) in [7, 11) is 0. The summed E-state index contributed by atoms with van der Waals surface area (Å²) >= 11 is 1.78. The Morgan fingerprint density at radius 1 is 0.941 bits per heavy atom. The third-order valence-corrected chi connectivity index (χ3v) is 8.46. The average molecular weight is 469 g/mol. The van der Waals surface area contributed by atoms with Gasteiger partial charge in [-0.25, -0.2) is 14.4 Å². The molecule has 1 aliphatic carbocycles. The van der Waals surface area contributed by atoms with E-state index in [1.165, 1.54) is 53.3 Å². The molecule has 172 valence electrons. The van der Waals surface area contributed by atoms with Crippen LogP contribution >= 0.6 is 11.3 Å². The van der Waals surface area contributed by atoms with Crippen LogP contribution in [0.15, 0.2) is 54.9 Å². The normalized spacial score (nSPS) is 15.2. The predicted molar refractivity (Wildman–Crippen MR) is 142 cm³/mol. The van der Waals surface area contributed by atoms with Gasteiger partial charge < -0.3 is 0 Å². The maximum Gasteiger partial charge on any atom is 0.123 e. The first-order chi connectivity index (χ1) is 16.4. The van der Waals surface area contributed by atoms with Gasteiger partial charge in [-0.15, -0.1) is 11.3 Å². The van der Waals surface area contributed by atoms with Crippen LogP contribution in [0.25, 0.3) is 42.3 Å². The lowest BCUT2D eigenvalue weighted by Gasteiger charge is -2.22. The number of benzene rings is 3. The Kier molecular flexibility index (Phi) is 5.18. The minimum Gasteiger partial charge on any atom is -0.235 e. The summed E-state index contributed by atoms with van der Waals surface area (Å²) in [6.45, 7) is 6.61. The summed E-state index contributed by atoms with van der Waals surface area (Å²) in [5.74, 6) is 0.616. The number of hydrogen-bond acceptors (Lipinski definition) is 3. The Bertz CT molecular complexity index is 1540. The number of thiophene rings is 1. The van der Waals surface area contributed by atoms with E-state index < -0.39 is 0 Å². The first kappa shape index (κ1) is 21.7. The molecule has 1 aliphatic rings. The molecule has 6 rings (SSSR count). The number of halogens is 1. The van der Waals surface area contributed by atoms with Crippen LogP contribution in [0.2, 0.25) is 0 Å². The zero-order valence-electron chi connectivity index (χ0n) is 20.0. The molecule has 0 unspecified atom stereocenters. The van der Waals surface area contributed by atoms with Crippen molar-refractivity contribution in [1.82, 2.24) is 9.97 Å². The van der Waals surface area contributed by atoms with Gasteiger partial charge in [-0.3, -0.25) is 0 Å². The third kappa shape index (κ3) is 3.78. The molecule has 0 saturated heterocycles. The van der Waals surface area contributed by atoms with E-state index in [4.69, 9.17) is 4.98 Å². The SMILES string of the molecule is CC(C)(C)c1cc(-c2ncnc3c2sc2cc(CC4CCCC4)ccc23)cc2cc(F)ccc12. The maximum absolute atomic E-state index is 14.2. The van der Waals surface area contributed by atoms with E-state index >= 15 is 0 Å². The van der Waals surface area contributed by atoms with Crippen molar-refractivity contribution < 1.29 is 4.39 Å². The van der Waals surface area contributed by atoms with Crippen LogP contribution in [0.3, 0.4) is 0 Å². The van der Waals surface area contributed by atoms with Crippen molar-refractivity contribution in [1.29, 1.82) is 0 Å². The van der Waals surface area contributed by atoms with Crippen LogP contribution in [0.1, 0.15) is 57.6 Å². The fourth-order valence-electron chi connectivity index (χ4n) is 5.60. The second-order valence-corrected chi connectivity index (χ2v) is 11.9. The van der Waals surface area contributed by atoms with Gasteiger partial charge in [-0.2, -0.15) is 0 Å². The van der Waals surface area contributed by atoms with E-state index in [1.807, 2.05) is 6.07 Å². The Hall–Kier alpha value is -2.85. The van der Waals surface area contributed by atoms with Crippen molar-refractivity contribution in [2.24, 2.45) is 5.92 Å². The molecule has 0 aliphatic heterocycles. The largest absolute Gasteiger partial charge is 0.235 e. The summed E-state index contributed by atoms with van der Waals surface area (Å²) in [4.78, 5) is 9.41. The van der Waals surface area contributed by atoms with Crippen molar-refractivity contribution >= 4 is 42.4 Å². The Labute approximate surface area is 203 Å². The van der Waals surface area contributed by atoms with Crippen LogP contribution in [-0.2, 0) is 11.8 Å². The predicted octanol–water partition coefficient (Wildman–Crippen LogP) is 8.83. The van der Waals surface area contributed by atoms with Crippen LogP contribution < -0.4 is 0 Å². The maximum atomic E-state index is 14.2. The molecule has 3 aromatic carbocycles. The van der Waals surface area contributed by atoms with Gasteiger partial charge in [0.2, 0.25) is 0 Å².